The monoisotopic (exact) mass is 595 g/mol. The van der Waals surface area contributed by atoms with Gasteiger partial charge in [-0.2, -0.15) is 0 Å². The highest BCUT2D eigenvalue weighted by atomic mass is 32.1. The first-order valence-corrected chi connectivity index (χ1v) is 14.3. The molecule has 0 aliphatic carbocycles. The van der Waals surface area contributed by atoms with Crippen LogP contribution >= 0.6 is 11.3 Å². The fourth-order valence-electron chi connectivity index (χ4n) is 4.74. The number of thiazole rings is 1. The van der Waals surface area contributed by atoms with Gasteiger partial charge in [0.05, 0.1) is 36.0 Å². The van der Waals surface area contributed by atoms with Crippen LogP contribution in [0.15, 0.2) is 97.1 Å². The first-order valence-electron chi connectivity index (χ1n) is 13.5. The largest absolute Gasteiger partial charge is 0.495 e. The Bertz CT molecular complexity index is 1770. The van der Waals surface area contributed by atoms with Gasteiger partial charge in [-0.25, -0.2) is 9.37 Å². The second kappa shape index (κ2) is 12.1. The Morgan fingerprint density at radius 3 is 2.40 bits per heavy atom. The summed E-state index contributed by atoms with van der Waals surface area (Å²) >= 11 is 1.48. The van der Waals surface area contributed by atoms with Gasteiger partial charge in [-0.1, -0.05) is 36.4 Å². The smallest absolute Gasteiger partial charge is 0.259 e. The average molecular weight is 596 g/mol. The predicted octanol–water partition coefficient (Wildman–Crippen LogP) is 5.81. The summed E-state index contributed by atoms with van der Waals surface area (Å²) in [6.45, 7) is 0.110. The second-order valence-electron chi connectivity index (χ2n) is 9.94. The molecule has 1 fully saturated rings. The lowest BCUT2D eigenvalue weighted by Crippen LogP contribution is -2.36. The number of amides is 2. The standard InChI is InChI=1S/C33H26FN3O5S/c1-41-27-8-4-2-6-24(27)36-32(39)30-31(42-30)33(40)37(19-20-10-14-22(34)15-11-20)23-16-12-21(13-17-23)26(38)18-29-35-25-7-3-5-9-28(25)43-29/h2-17,30-31H,18-19H2,1H3,(H,36,39)/t30-,31-/m0/s1. The number of Topliss-reactive ketones (excluding diaryl/α,β-unsaturated/α-hetero) is 1. The molecule has 1 aliphatic heterocycles. The van der Waals surface area contributed by atoms with Gasteiger partial charge in [0.15, 0.2) is 18.0 Å². The Balaban J connectivity index is 1.18. The van der Waals surface area contributed by atoms with E-state index < -0.39 is 29.8 Å². The van der Waals surface area contributed by atoms with Gasteiger partial charge < -0.3 is 19.7 Å². The molecule has 10 heteroatoms. The number of hydrogen-bond donors (Lipinski definition) is 1. The zero-order valence-electron chi connectivity index (χ0n) is 23.0. The Morgan fingerprint density at radius 2 is 1.65 bits per heavy atom. The molecule has 0 bridgehead atoms. The SMILES string of the molecule is COc1ccccc1NC(=O)[C@H]1O[C@@H]1C(=O)N(Cc1ccc(F)cc1)c1ccc(C(=O)Cc2nc3ccccc3s2)cc1. The van der Waals surface area contributed by atoms with Crippen molar-refractivity contribution in [1.29, 1.82) is 0 Å². The number of fused-ring (bicyclic) bond motifs is 1. The van der Waals surface area contributed by atoms with Gasteiger partial charge in [-0.15, -0.1) is 11.3 Å². The van der Waals surface area contributed by atoms with Crippen molar-refractivity contribution >= 4 is 50.5 Å². The Labute approximate surface area is 250 Å². The summed E-state index contributed by atoms with van der Waals surface area (Å²) in [5.74, 6) is -0.912. The lowest BCUT2D eigenvalue weighted by Gasteiger charge is -2.23. The molecule has 5 aromatic rings. The summed E-state index contributed by atoms with van der Waals surface area (Å²) in [4.78, 5) is 45.6. The summed E-state index contributed by atoms with van der Waals surface area (Å²) in [6.07, 6.45) is -1.83. The maximum Gasteiger partial charge on any atom is 0.259 e. The molecule has 1 saturated heterocycles. The lowest BCUT2D eigenvalue weighted by atomic mass is 10.1. The number of methoxy groups -OCH3 is 1. The van der Waals surface area contributed by atoms with Crippen molar-refractivity contribution in [2.24, 2.45) is 0 Å². The van der Waals surface area contributed by atoms with Gasteiger partial charge in [0.1, 0.15) is 16.6 Å². The zero-order valence-corrected chi connectivity index (χ0v) is 23.8. The third kappa shape index (κ3) is 6.30. The van der Waals surface area contributed by atoms with E-state index in [1.54, 1.807) is 60.7 Å². The van der Waals surface area contributed by atoms with Crippen LogP contribution in [-0.4, -0.2) is 41.9 Å². The van der Waals surface area contributed by atoms with Crippen LogP contribution in [0.3, 0.4) is 0 Å². The van der Waals surface area contributed by atoms with Gasteiger partial charge in [0.2, 0.25) is 0 Å². The van der Waals surface area contributed by atoms with Gasteiger partial charge >= 0.3 is 0 Å². The quantitative estimate of drug-likeness (QED) is 0.162. The first kappa shape index (κ1) is 28.2. The number of hydrogen-bond acceptors (Lipinski definition) is 7. The minimum Gasteiger partial charge on any atom is -0.495 e. The number of carbonyl (C=O) groups excluding carboxylic acids is 3. The molecule has 6 rings (SSSR count). The van der Waals surface area contributed by atoms with Gasteiger partial charge in [0.25, 0.3) is 11.8 Å². The van der Waals surface area contributed by atoms with Crippen LogP contribution in [-0.2, 0) is 27.3 Å². The zero-order chi connectivity index (χ0) is 29.9. The molecule has 216 valence electrons. The Hall–Kier alpha value is -4.93. The van der Waals surface area contributed by atoms with E-state index in [2.05, 4.69) is 10.3 Å². The molecule has 1 aliphatic rings. The normalized spacial score (nSPS) is 15.6. The highest BCUT2D eigenvalue weighted by Crippen LogP contribution is 2.31. The van der Waals surface area contributed by atoms with Crippen molar-refractivity contribution in [3.8, 4) is 5.75 Å². The molecular weight excluding hydrogens is 569 g/mol. The molecule has 1 N–H and O–H groups in total. The van der Waals surface area contributed by atoms with Crippen LogP contribution < -0.4 is 15.0 Å². The van der Waals surface area contributed by atoms with E-state index >= 15 is 0 Å². The van der Waals surface area contributed by atoms with Crippen molar-refractivity contribution in [1.82, 2.24) is 4.98 Å². The highest BCUT2D eigenvalue weighted by Gasteiger charge is 2.52. The van der Waals surface area contributed by atoms with E-state index in [9.17, 15) is 18.8 Å². The maximum atomic E-state index is 13.7. The molecule has 0 unspecified atom stereocenters. The molecule has 8 nitrogen and oxygen atoms in total. The van der Waals surface area contributed by atoms with E-state index in [1.807, 2.05) is 24.3 Å². The van der Waals surface area contributed by atoms with Crippen molar-refractivity contribution in [2.75, 3.05) is 17.3 Å². The summed E-state index contributed by atoms with van der Waals surface area (Å²) in [5.41, 5.74) is 2.99. The van der Waals surface area contributed by atoms with Crippen LogP contribution in [0.2, 0.25) is 0 Å². The van der Waals surface area contributed by atoms with Crippen molar-refractivity contribution < 1.29 is 28.2 Å². The molecule has 2 amide bonds. The van der Waals surface area contributed by atoms with E-state index in [1.165, 1.54) is 35.5 Å². The van der Waals surface area contributed by atoms with Crippen LogP contribution in [0.25, 0.3) is 10.2 Å². The van der Waals surface area contributed by atoms with E-state index in [-0.39, 0.29) is 18.7 Å². The van der Waals surface area contributed by atoms with Gasteiger partial charge in [0, 0.05) is 11.3 Å². The van der Waals surface area contributed by atoms with Gasteiger partial charge in [-0.3, -0.25) is 14.4 Å². The summed E-state index contributed by atoms with van der Waals surface area (Å²) < 4.78 is 25.4. The third-order valence-electron chi connectivity index (χ3n) is 7.03. The highest BCUT2D eigenvalue weighted by molar-refractivity contribution is 7.18. The topological polar surface area (TPSA) is 101 Å². The predicted molar refractivity (Wildman–Crippen MR) is 162 cm³/mol. The van der Waals surface area contributed by atoms with Crippen LogP contribution in [0.4, 0.5) is 15.8 Å². The van der Waals surface area contributed by atoms with Crippen molar-refractivity contribution in [3.63, 3.8) is 0 Å². The molecule has 0 radical (unpaired) electrons. The molecular formula is C33H26FN3O5S. The lowest BCUT2D eigenvalue weighted by molar-refractivity contribution is -0.120. The third-order valence-corrected chi connectivity index (χ3v) is 8.07. The number of ketones is 1. The Morgan fingerprint density at radius 1 is 0.930 bits per heavy atom. The Kier molecular flexibility index (Phi) is 7.95. The number of aromatic nitrogens is 1. The van der Waals surface area contributed by atoms with Crippen LogP contribution in [0.1, 0.15) is 20.9 Å². The molecule has 0 spiro atoms. The number of carbonyl (C=O) groups is 3. The molecule has 4 aromatic carbocycles. The molecule has 2 heterocycles. The average Bonchev–Trinajstić information content (AvgIpc) is 3.73. The number of halogens is 1. The van der Waals surface area contributed by atoms with Crippen LogP contribution in [0, 0.1) is 5.82 Å². The number of epoxide rings is 1. The number of nitrogens with zero attached hydrogens (tertiary/aromatic N) is 2. The number of para-hydroxylation sites is 3. The van der Waals surface area contributed by atoms with E-state index in [4.69, 9.17) is 9.47 Å². The minimum atomic E-state index is -1.00. The van der Waals surface area contributed by atoms with Gasteiger partial charge in [-0.05, 0) is 66.2 Å². The number of nitrogens with one attached hydrogen (secondary N) is 1. The minimum absolute atomic E-state index is 0.0966. The summed E-state index contributed by atoms with van der Waals surface area (Å²) in [7, 11) is 1.50. The summed E-state index contributed by atoms with van der Waals surface area (Å²) in [5, 5.41) is 3.48. The molecule has 0 saturated carbocycles. The molecule has 43 heavy (non-hydrogen) atoms. The van der Waals surface area contributed by atoms with Crippen molar-refractivity contribution in [3.05, 3.63) is 119 Å². The number of anilines is 2. The first-order chi connectivity index (χ1) is 20.9. The molecule has 2 atom stereocenters. The van der Waals surface area contributed by atoms with Crippen molar-refractivity contribution in [2.45, 2.75) is 25.2 Å². The number of benzene rings is 4. The second-order valence-corrected chi connectivity index (χ2v) is 11.1. The fraction of sp³-hybridized carbons (Fsp3) is 0.152. The number of ether oxygens (including phenoxy) is 2. The maximum absolute atomic E-state index is 13.7. The van der Waals surface area contributed by atoms with Crippen LogP contribution in [0.5, 0.6) is 5.75 Å². The van der Waals surface area contributed by atoms with E-state index in [0.717, 1.165) is 15.2 Å². The molecule has 1 aromatic heterocycles. The summed E-state index contributed by atoms with van der Waals surface area (Å²) in [6, 6.07) is 27.2. The number of rotatable bonds is 10. The fourth-order valence-corrected chi connectivity index (χ4v) is 5.70. The van der Waals surface area contributed by atoms with E-state index in [0.29, 0.717) is 28.3 Å².